The van der Waals surface area contributed by atoms with Crippen LogP contribution in [0.1, 0.15) is 24.0 Å². The Kier molecular flexibility index (Phi) is 4.36. The molecule has 1 N–H and O–H groups in total. The van der Waals surface area contributed by atoms with Crippen molar-refractivity contribution in [1.29, 1.82) is 5.26 Å². The van der Waals surface area contributed by atoms with Gasteiger partial charge in [0.15, 0.2) is 0 Å². The highest BCUT2D eigenvalue weighted by Crippen LogP contribution is 2.17. The minimum atomic E-state index is -0.225. The summed E-state index contributed by atoms with van der Waals surface area (Å²) in [7, 11) is 1.76. The van der Waals surface area contributed by atoms with Crippen molar-refractivity contribution in [3.8, 4) is 6.07 Å². The lowest BCUT2D eigenvalue weighted by atomic mass is 9.95. The van der Waals surface area contributed by atoms with E-state index in [9.17, 15) is 9.59 Å². The van der Waals surface area contributed by atoms with Crippen molar-refractivity contribution in [3.63, 3.8) is 0 Å². The van der Waals surface area contributed by atoms with Crippen molar-refractivity contribution in [3.05, 3.63) is 35.4 Å². The molecule has 5 nitrogen and oxygen atoms in total. The molecule has 2 amide bonds. The van der Waals surface area contributed by atoms with Crippen LogP contribution in [0, 0.1) is 17.2 Å². The van der Waals surface area contributed by atoms with Crippen LogP contribution >= 0.6 is 0 Å². The quantitative estimate of drug-likeness (QED) is 0.892. The zero-order chi connectivity index (χ0) is 14.5. The summed E-state index contributed by atoms with van der Waals surface area (Å²) in [5.74, 6) is -0.275. The molecular weight excluding hydrogens is 254 g/mol. The molecule has 1 fully saturated rings. The standard InChI is InChI=1S/C15H17N3O2/c1-18-7-6-13(8-14(18)19)15(20)17-10-12-4-2-11(9-16)3-5-12/h2-5,13H,6-8,10H2,1H3,(H,17,20)/t13-/m1/s1. The minimum absolute atomic E-state index is 0.0229. The summed E-state index contributed by atoms with van der Waals surface area (Å²) < 4.78 is 0. The van der Waals surface area contributed by atoms with Crippen molar-refractivity contribution in [2.75, 3.05) is 13.6 Å². The number of nitrogens with zero attached hydrogens (tertiary/aromatic N) is 2. The van der Waals surface area contributed by atoms with Crippen LogP contribution in [-0.2, 0) is 16.1 Å². The van der Waals surface area contributed by atoms with Crippen LogP contribution in [0.5, 0.6) is 0 Å². The Labute approximate surface area is 118 Å². The number of rotatable bonds is 3. The van der Waals surface area contributed by atoms with Crippen molar-refractivity contribution in [2.24, 2.45) is 5.92 Å². The zero-order valence-electron chi connectivity index (χ0n) is 11.4. The molecule has 104 valence electrons. The Bertz CT molecular complexity index is 545. The van der Waals surface area contributed by atoms with E-state index in [1.54, 1.807) is 24.1 Å². The number of piperidine rings is 1. The fraction of sp³-hybridized carbons (Fsp3) is 0.400. The Morgan fingerprint density at radius 2 is 2.15 bits per heavy atom. The lowest BCUT2D eigenvalue weighted by Gasteiger charge is -2.27. The normalized spacial score (nSPS) is 18.5. The molecule has 1 atom stereocenters. The number of nitriles is 1. The fourth-order valence-corrected chi connectivity index (χ4v) is 2.20. The van der Waals surface area contributed by atoms with E-state index in [0.29, 0.717) is 25.1 Å². The fourth-order valence-electron chi connectivity index (χ4n) is 2.20. The summed E-state index contributed by atoms with van der Waals surface area (Å²) in [5.41, 5.74) is 1.54. The summed E-state index contributed by atoms with van der Waals surface area (Å²) in [4.78, 5) is 25.2. The molecule has 1 heterocycles. The first-order valence-corrected chi connectivity index (χ1v) is 6.61. The lowest BCUT2D eigenvalue weighted by Crippen LogP contribution is -2.41. The molecule has 0 radical (unpaired) electrons. The maximum absolute atomic E-state index is 12.0. The van der Waals surface area contributed by atoms with Crippen LogP contribution in [0.15, 0.2) is 24.3 Å². The van der Waals surface area contributed by atoms with Gasteiger partial charge >= 0.3 is 0 Å². The van der Waals surface area contributed by atoms with Crippen LogP contribution in [0.4, 0.5) is 0 Å². The molecule has 0 bridgehead atoms. The van der Waals surface area contributed by atoms with E-state index >= 15 is 0 Å². The highest BCUT2D eigenvalue weighted by molar-refractivity contribution is 5.86. The van der Waals surface area contributed by atoms with Gasteiger partial charge in [-0.1, -0.05) is 12.1 Å². The number of hydrogen-bond donors (Lipinski definition) is 1. The van der Waals surface area contributed by atoms with Crippen LogP contribution < -0.4 is 5.32 Å². The molecule has 0 spiro atoms. The second-order valence-electron chi connectivity index (χ2n) is 5.03. The number of amides is 2. The van der Waals surface area contributed by atoms with Gasteiger partial charge in [0, 0.05) is 32.5 Å². The van der Waals surface area contributed by atoms with Gasteiger partial charge in [-0.3, -0.25) is 9.59 Å². The summed E-state index contributed by atoms with van der Waals surface area (Å²) >= 11 is 0. The number of carbonyl (C=O) groups excluding carboxylic acids is 2. The third-order valence-corrected chi connectivity index (χ3v) is 3.58. The molecule has 1 aliphatic rings. The van der Waals surface area contributed by atoms with E-state index in [4.69, 9.17) is 5.26 Å². The molecule has 2 rings (SSSR count). The number of hydrogen-bond acceptors (Lipinski definition) is 3. The summed E-state index contributed by atoms with van der Waals surface area (Å²) in [5, 5.41) is 11.6. The third-order valence-electron chi connectivity index (χ3n) is 3.58. The average molecular weight is 271 g/mol. The van der Waals surface area contributed by atoms with Crippen molar-refractivity contribution in [1.82, 2.24) is 10.2 Å². The molecule has 20 heavy (non-hydrogen) atoms. The minimum Gasteiger partial charge on any atom is -0.352 e. The van der Waals surface area contributed by atoms with Gasteiger partial charge in [0.05, 0.1) is 11.6 Å². The number of likely N-dealkylation sites (tertiary alicyclic amines) is 1. The van der Waals surface area contributed by atoms with Crippen molar-refractivity contribution < 1.29 is 9.59 Å². The van der Waals surface area contributed by atoms with Gasteiger partial charge in [-0.05, 0) is 24.1 Å². The molecule has 0 aliphatic carbocycles. The van der Waals surface area contributed by atoms with E-state index < -0.39 is 0 Å². The summed E-state index contributed by atoms with van der Waals surface area (Å²) in [6.07, 6.45) is 0.997. The van der Waals surface area contributed by atoms with Gasteiger partial charge in [0.2, 0.25) is 11.8 Å². The van der Waals surface area contributed by atoms with Gasteiger partial charge in [-0.15, -0.1) is 0 Å². The Morgan fingerprint density at radius 1 is 1.45 bits per heavy atom. The molecule has 1 aromatic rings. The molecule has 1 aliphatic heterocycles. The SMILES string of the molecule is CN1CC[C@@H](C(=O)NCc2ccc(C#N)cc2)CC1=O. The van der Waals surface area contributed by atoms with Crippen LogP contribution in [0.25, 0.3) is 0 Å². The summed E-state index contributed by atoms with van der Waals surface area (Å²) in [6.45, 7) is 1.05. The monoisotopic (exact) mass is 271 g/mol. The Hall–Kier alpha value is -2.35. The second-order valence-corrected chi connectivity index (χ2v) is 5.03. The van der Waals surface area contributed by atoms with Crippen LogP contribution in [0.3, 0.4) is 0 Å². The van der Waals surface area contributed by atoms with Gasteiger partial charge in [-0.25, -0.2) is 0 Å². The predicted molar refractivity (Wildman–Crippen MR) is 73.4 cm³/mol. The molecule has 0 unspecified atom stereocenters. The second kappa shape index (κ2) is 6.20. The van der Waals surface area contributed by atoms with Crippen LogP contribution in [0.2, 0.25) is 0 Å². The third kappa shape index (κ3) is 3.35. The summed E-state index contributed by atoms with van der Waals surface area (Å²) in [6, 6.07) is 9.13. The van der Waals surface area contributed by atoms with E-state index in [0.717, 1.165) is 5.56 Å². The maximum atomic E-state index is 12.0. The molecule has 1 aromatic carbocycles. The number of nitrogens with one attached hydrogen (secondary N) is 1. The average Bonchev–Trinajstić information content (AvgIpc) is 2.48. The highest BCUT2D eigenvalue weighted by atomic mass is 16.2. The molecule has 1 saturated heterocycles. The highest BCUT2D eigenvalue weighted by Gasteiger charge is 2.28. The first kappa shape index (κ1) is 14.1. The van der Waals surface area contributed by atoms with E-state index in [1.807, 2.05) is 12.1 Å². The van der Waals surface area contributed by atoms with Gasteiger partial charge in [0.1, 0.15) is 0 Å². The molecule has 0 saturated carbocycles. The van der Waals surface area contributed by atoms with Gasteiger partial charge < -0.3 is 10.2 Å². The van der Waals surface area contributed by atoms with E-state index in [2.05, 4.69) is 11.4 Å². The Morgan fingerprint density at radius 3 is 2.75 bits per heavy atom. The first-order chi connectivity index (χ1) is 9.60. The zero-order valence-corrected chi connectivity index (χ0v) is 11.4. The number of benzene rings is 1. The smallest absolute Gasteiger partial charge is 0.223 e. The number of carbonyl (C=O) groups is 2. The lowest BCUT2D eigenvalue weighted by molar-refractivity contribution is -0.139. The van der Waals surface area contributed by atoms with E-state index in [-0.39, 0.29) is 24.2 Å². The van der Waals surface area contributed by atoms with Gasteiger partial charge in [0.25, 0.3) is 0 Å². The van der Waals surface area contributed by atoms with Crippen LogP contribution in [-0.4, -0.2) is 30.3 Å². The molecule has 0 aromatic heterocycles. The Balaban J connectivity index is 1.85. The molecule has 5 heteroatoms. The maximum Gasteiger partial charge on any atom is 0.223 e. The first-order valence-electron chi connectivity index (χ1n) is 6.61. The topological polar surface area (TPSA) is 73.2 Å². The predicted octanol–water partition coefficient (Wildman–Crippen LogP) is 1.04. The van der Waals surface area contributed by atoms with Crippen molar-refractivity contribution in [2.45, 2.75) is 19.4 Å². The van der Waals surface area contributed by atoms with Gasteiger partial charge in [-0.2, -0.15) is 5.26 Å². The molecular formula is C15H17N3O2. The largest absolute Gasteiger partial charge is 0.352 e. The van der Waals surface area contributed by atoms with Crippen molar-refractivity contribution >= 4 is 11.8 Å². The van der Waals surface area contributed by atoms with E-state index in [1.165, 1.54) is 0 Å².